The predicted molar refractivity (Wildman–Crippen MR) is 150 cm³/mol. The Balaban J connectivity index is 1.26. The van der Waals surface area contributed by atoms with Crippen molar-refractivity contribution < 1.29 is 4.74 Å². The second kappa shape index (κ2) is 10.3. The van der Waals surface area contributed by atoms with Gasteiger partial charge in [-0.25, -0.2) is 0 Å². The Morgan fingerprint density at radius 2 is 0.784 bits per heavy atom. The molecule has 0 saturated heterocycles. The maximum absolute atomic E-state index is 6.28. The van der Waals surface area contributed by atoms with Crippen LogP contribution in [0, 0.1) is 0 Å². The molecule has 0 aliphatic heterocycles. The van der Waals surface area contributed by atoms with Gasteiger partial charge in [-0.1, -0.05) is 84.9 Å². The minimum absolute atomic E-state index is 0.757. The molecule has 0 aliphatic carbocycles. The molecule has 0 saturated carbocycles. The first kappa shape index (κ1) is 22.4. The molecule has 2 aromatic heterocycles. The number of pyridine rings is 2. The van der Waals surface area contributed by atoms with Gasteiger partial charge in [-0.2, -0.15) is 0 Å². The van der Waals surface area contributed by atoms with Gasteiger partial charge in [0.25, 0.3) is 0 Å². The van der Waals surface area contributed by atoms with Crippen molar-refractivity contribution in [3.63, 3.8) is 0 Å². The molecule has 0 aliphatic rings. The number of ether oxygens (including phenoxy) is 1. The Morgan fingerprint density at radius 1 is 0.351 bits per heavy atom. The van der Waals surface area contributed by atoms with E-state index in [1.807, 2.05) is 97.3 Å². The maximum Gasteiger partial charge on any atom is 0.128 e. The van der Waals surface area contributed by atoms with Gasteiger partial charge in [-0.3, -0.25) is 9.97 Å². The zero-order valence-corrected chi connectivity index (χ0v) is 20.2. The van der Waals surface area contributed by atoms with Gasteiger partial charge in [0.05, 0.1) is 11.4 Å². The fourth-order valence-corrected chi connectivity index (χ4v) is 4.37. The second-order valence-corrected chi connectivity index (χ2v) is 8.75. The van der Waals surface area contributed by atoms with Gasteiger partial charge < -0.3 is 4.74 Å². The first-order valence-corrected chi connectivity index (χ1v) is 12.2. The van der Waals surface area contributed by atoms with Crippen molar-refractivity contribution in [1.82, 2.24) is 9.97 Å². The summed E-state index contributed by atoms with van der Waals surface area (Å²) in [7, 11) is 0. The van der Waals surface area contributed by atoms with Gasteiger partial charge in [0, 0.05) is 23.5 Å². The van der Waals surface area contributed by atoms with Crippen molar-refractivity contribution in [2.24, 2.45) is 0 Å². The fraction of sp³-hybridized carbons (Fsp3) is 0. The zero-order valence-electron chi connectivity index (χ0n) is 20.2. The van der Waals surface area contributed by atoms with E-state index in [2.05, 4.69) is 58.5 Å². The fourth-order valence-electron chi connectivity index (χ4n) is 4.37. The lowest BCUT2D eigenvalue weighted by molar-refractivity contribution is 0.483. The standard InChI is InChI=1S/C34H24N2O/c1-3-9-25(10-4-1)27-17-19-35-33(23-27)29-13-7-15-31(21-29)37-32-16-8-14-30(22-32)34-24-28(18-20-36-34)26-11-5-2-6-12-26/h1-24H. The third-order valence-electron chi connectivity index (χ3n) is 6.23. The number of hydrogen-bond acceptors (Lipinski definition) is 3. The summed E-state index contributed by atoms with van der Waals surface area (Å²) in [4.78, 5) is 9.21. The summed E-state index contributed by atoms with van der Waals surface area (Å²) in [6.45, 7) is 0. The molecule has 37 heavy (non-hydrogen) atoms. The highest BCUT2D eigenvalue weighted by atomic mass is 16.5. The molecule has 0 bridgehead atoms. The lowest BCUT2D eigenvalue weighted by atomic mass is 10.0. The summed E-state index contributed by atoms with van der Waals surface area (Å²) in [5.74, 6) is 1.51. The summed E-state index contributed by atoms with van der Waals surface area (Å²) >= 11 is 0. The second-order valence-electron chi connectivity index (χ2n) is 8.75. The van der Waals surface area contributed by atoms with Gasteiger partial charge >= 0.3 is 0 Å². The molecule has 176 valence electrons. The van der Waals surface area contributed by atoms with Crippen LogP contribution in [-0.2, 0) is 0 Å². The van der Waals surface area contributed by atoms with E-state index in [0.29, 0.717) is 0 Å². The van der Waals surface area contributed by atoms with Crippen LogP contribution >= 0.6 is 0 Å². The summed E-state index contributed by atoms with van der Waals surface area (Å²) in [5.41, 5.74) is 8.42. The van der Waals surface area contributed by atoms with E-state index in [-0.39, 0.29) is 0 Å². The monoisotopic (exact) mass is 476 g/mol. The molecule has 0 fully saturated rings. The Hall–Kier alpha value is -5.02. The first-order chi connectivity index (χ1) is 18.3. The number of hydrogen-bond donors (Lipinski definition) is 0. The minimum Gasteiger partial charge on any atom is -0.457 e. The molecule has 6 aromatic rings. The van der Waals surface area contributed by atoms with Gasteiger partial charge in [-0.05, 0) is 70.8 Å². The van der Waals surface area contributed by atoms with Crippen molar-refractivity contribution >= 4 is 0 Å². The Kier molecular flexibility index (Phi) is 6.25. The third kappa shape index (κ3) is 5.16. The van der Waals surface area contributed by atoms with E-state index in [4.69, 9.17) is 4.74 Å². The van der Waals surface area contributed by atoms with Gasteiger partial charge in [0.15, 0.2) is 0 Å². The quantitative estimate of drug-likeness (QED) is 0.241. The van der Waals surface area contributed by atoms with Crippen molar-refractivity contribution in [2.45, 2.75) is 0 Å². The Morgan fingerprint density at radius 3 is 1.24 bits per heavy atom. The molecular formula is C34H24N2O. The molecule has 3 heteroatoms. The summed E-state index contributed by atoms with van der Waals surface area (Å²) < 4.78 is 6.28. The lowest BCUT2D eigenvalue weighted by Crippen LogP contribution is -1.89. The number of rotatable bonds is 6. The molecule has 0 unspecified atom stereocenters. The van der Waals surface area contributed by atoms with E-state index in [0.717, 1.165) is 45.1 Å². The van der Waals surface area contributed by atoms with E-state index in [1.165, 1.54) is 11.1 Å². The average molecular weight is 477 g/mol. The van der Waals surface area contributed by atoms with Crippen LogP contribution < -0.4 is 4.74 Å². The lowest BCUT2D eigenvalue weighted by Gasteiger charge is -2.10. The molecule has 0 amide bonds. The number of aromatic nitrogens is 2. The van der Waals surface area contributed by atoms with Gasteiger partial charge in [-0.15, -0.1) is 0 Å². The van der Waals surface area contributed by atoms with E-state index in [9.17, 15) is 0 Å². The Labute approximate surface area is 216 Å². The molecule has 2 heterocycles. The highest BCUT2D eigenvalue weighted by molar-refractivity contribution is 5.72. The molecule has 3 nitrogen and oxygen atoms in total. The van der Waals surface area contributed by atoms with Crippen molar-refractivity contribution in [3.8, 4) is 56.3 Å². The van der Waals surface area contributed by atoms with E-state index >= 15 is 0 Å². The van der Waals surface area contributed by atoms with Crippen LogP contribution in [0.1, 0.15) is 0 Å². The van der Waals surface area contributed by atoms with Crippen LogP contribution in [0.4, 0.5) is 0 Å². The summed E-state index contributed by atoms with van der Waals surface area (Å²) in [6, 6.07) is 45.0. The van der Waals surface area contributed by atoms with E-state index < -0.39 is 0 Å². The third-order valence-corrected chi connectivity index (χ3v) is 6.23. The van der Waals surface area contributed by atoms with Crippen LogP contribution in [0.5, 0.6) is 11.5 Å². The molecular weight excluding hydrogens is 452 g/mol. The average Bonchev–Trinajstić information content (AvgIpc) is 2.98. The number of nitrogens with zero attached hydrogens (tertiary/aromatic N) is 2. The largest absolute Gasteiger partial charge is 0.457 e. The predicted octanol–water partition coefficient (Wildman–Crippen LogP) is 8.94. The van der Waals surface area contributed by atoms with Crippen molar-refractivity contribution in [3.05, 3.63) is 146 Å². The molecule has 0 spiro atoms. The highest BCUT2D eigenvalue weighted by Gasteiger charge is 2.08. The topological polar surface area (TPSA) is 35.0 Å². The van der Waals surface area contributed by atoms with Gasteiger partial charge in [0.2, 0.25) is 0 Å². The highest BCUT2D eigenvalue weighted by Crippen LogP contribution is 2.31. The molecule has 0 N–H and O–H groups in total. The maximum atomic E-state index is 6.28. The summed E-state index contributed by atoms with van der Waals surface area (Å²) in [6.07, 6.45) is 3.70. The minimum atomic E-state index is 0.757. The zero-order chi connectivity index (χ0) is 24.9. The van der Waals surface area contributed by atoms with Crippen LogP contribution in [0.3, 0.4) is 0 Å². The molecule has 0 atom stereocenters. The van der Waals surface area contributed by atoms with Crippen LogP contribution in [0.2, 0.25) is 0 Å². The van der Waals surface area contributed by atoms with E-state index in [1.54, 1.807) is 0 Å². The first-order valence-electron chi connectivity index (χ1n) is 12.2. The normalized spacial score (nSPS) is 10.7. The van der Waals surface area contributed by atoms with Crippen molar-refractivity contribution in [2.75, 3.05) is 0 Å². The molecule has 4 aromatic carbocycles. The van der Waals surface area contributed by atoms with Gasteiger partial charge in [0.1, 0.15) is 11.5 Å². The van der Waals surface area contributed by atoms with Crippen LogP contribution in [-0.4, -0.2) is 9.97 Å². The molecule has 0 radical (unpaired) electrons. The number of benzene rings is 4. The molecule has 6 rings (SSSR count). The van der Waals surface area contributed by atoms with Crippen LogP contribution in [0.15, 0.2) is 146 Å². The SMILES string of the molecule is c1ccc(-c2ccnc(-c3cccc(Oc4cccc(-c5cc(-c6ccccc6)ccn5)c4)c3)c2)cc1. The smallest absolute Gasteiger partial charge is 0.128 e. The van der Waals surface area contributed by atoms with Crippen LogP contribution in [0.25, 0.3) is 44.8 Å². The van der Waals surface area contributed by atoms with Crippen molar-refractivity contribution in [1.29, 1.82) is 0 Å². The summed E-state index contributed by atoms with van der Waals surface area (Å²) in [5, 5.41) is 0. The Bertz CT molecular complexity index is 1520.